The average Bonchev–Trinajstić information content (AvgIpc) is 3.15. The Labute approximate surface area is 122 Å². The maximum absolute atomic E-state index is 5.88. The van der Waals surface area contributed by atoms with E-state index in [9.17, 15) is 0 Å². The molecule has 0 spiro atoms. The van der Waals surface area contributed by atoms with Crippen molar-refractivity contribution in [3.63, 3.8) is 0 Å². The number of benzene rings is 1. The molecule has 3 rings (SSSR count). The Kier molecular flexibility index (Phi) is 4.18. The van der Waals surface area contributed by atoms with Gasteiger partial charge in [-0.2, -0.15) is 0 Å². The molecular weight excluding hydrogens is 278 g/mol. The first-order valence-corrected chi connectivity index (χ1v) is 7.10. The average molecular weight is 294 g/mol. The second-order valence-electron chi connectivity index (χ2n) is 4.81. The summed E-state index contributed by atoms with van der Waals surface area (Å²) >= 11 is 5.88. The number of nitrogens with one attached hydrogen (secondary N) is 1. The lowest BCUT2D eigenvalue weighted by Crippen LogP contribution is -2.19. The van der Waals surface area contributed by atoms with Gasteiger partial charge >= 0.3 is 0 Å². The quantitative estimate of drug-likeness (QED) is 0.850. The van der Waals surface area contributed by atoms with Crippen LogP contribution in [0.1, 0.15) is 24.6 Å². The molecule has 1 aliphatic rings. The summed E-state index contributed by atoms with van der Waals surface area (Å²) in [7, 11) is 0. The molecule has 106 valence electrons. The zero-order chi connectivity index (χ0) is 13.8. The van der Waals surface area contributed by atoms with Crippen LogP contribution in [0.5, 0.6) is 5.75 Å². The fraction of sp³-hybridized carbons (Fsp3) is 0.429. The van der Waals surface area contributed by atoms with Crippen molar-refractivity contribution in [2.45, 2.75) is 31.9 Å². The van der Waals surface area contributed by atoms with Gasteiger partial charge in [-0.05, 0) is 31.0 Å². The zero-order valence-electron chi connectivity index (χ0n) is 11.0. The van der Waals surface area contributed by atoms with Gasteiger partial charge in [0.25, 0.3) is 5.89 Å². The van der Waals surface area contributed by atoms with E-state index < -0.39 is 0 Å². The number of aromatic nitrogens is 2. The van der Waals surface area contributed by atoms with E-state index in [-0.39, 0.29) is 6.61 Å². The zero-order valence-corrected chi connectivity index (χ0v) is 11.8. The molecule has 0 amide bonds. The molecule has 0 unspecified atom stereocenters. The minimum atomic E-state index is 0.253. The van der Waals surface area contributed by atoms with Gasteiger partial charge in [0.05, 0.1) is 0 Å². The van der Waals surface area contributed by atoms with Gasteiger partial charge in [-0.25, -0.2) is 0 Å². The van der Waals surface area contributed by atoms with E-state index in [1.165, 1.54) is 12.8 Å². The monoisotopic (exact) mass is 293 g/mol. The van der Waals surface area contributed by atoms with Crippen LogP contribution < -0.4 is 10.1 Å². The minimum absolute atomic E-state index is 0.253. The van der Waals surface area contributed by atoms with Crippen LogP contribution in [0.15, 0.2) is 28.7 Å². The van der Waals surface area contributed by atoms with Crippen molar-refractivity contribution in [3.05, 3.63) is 41.1 Å². The van der Waals surface area contributed by atoms with Crippen molar-refractivity contribution >= 4 is 11.6 Å². The summed E-state index contributed by atoms with van der Waals surface area (Å²) in [6.45, 7) is 1.13. The third kappa shape index (κ3) is 3.95. The molecule has 1 aromatic heterocycles. The standard InChI is InChI=1S/C14H16ClN3O2/c15-10-2-1-3-12(8-10)19-9-14-18-17-13(20-14)6-7-16-11-4-5-11/h1-3,8,11,16H,4-7,9H2. The number of nitrogens with zero attached hydrogens (tertiary/aromatic N) is 2. The molecule has 1 aromatic carbocycles. The van der Waals surface area contributed by atoms with Crippen LogP contribution in [0.3, 0.4) is 0 Å². The third-order valence-electron chi connectivity index (χ3n) is 3.02. The maximum atomic E-state index is 5.88. The first-order valence-electron chi connectivity index (χ1n) is 6.72. The van der Waals surface area contributed by atoms with Gasteiger partial charge in [-0.3, -0.25) is 0 Å². The predicted octanol–water partition coefficient (Wildman–Crippen LogP) is 2.60. The fourth-order valence-corrected chi connectivity index (χ4v) is 2.00. The molecule has 1 aliphatic carbocycles. The predicted molar refractivity (Wildman–Crippen MR) is 74.8 cm³/mol. The first kappa shape index (κ1) is 13.4. The molecular formula is C14H16ClN3O2. The van der Waals surface area contributed by atoms with Gasteiger partial charge in [0.15, 0.2) is 6.61 Å². The summed E-state index contributed by atoms with van der Waals surface area (Å²) in [6, 6.07) is 7.91. The summed E-state index contributed by atoms with van der Waals surface area (Å²) in [5.74, 6) is 1.81. The van der Waals surface area contributed by atoms with E-state index in [4.69, 9.17) is 20.8 Å². The summed E-state index contributed by atoms with van der Waals surface area (Å²) in [6.07, 6.45) is 3.31. The molecule has 0 radical (unpaired) electrons. The number of ether oxygens (including phenoxy) is 1. The molecule has 1 N–H and O–H groups in total. The van der Waals surface area contributed by atoms with E-state index in [2.05, 4.69) is 15.5 Å². The molecule has 0 saturated heterocycles. The summed E-state index contributed by atoms with van der Waals surface area (Å²) in [5, 5.41) is 12.0. The van der Waals surface area contributed by atoms with E-state index in [0.29, 0.717) is 28.6 Å². The maximum Gasteiger partial charge on any atom is 0.253 e. The smallest absolute Gasteiger partial charge is 0.253 e. The summed E-state index contributed by atoms with van der Waals surface area (Å²) in [4.78, 5) is 0. The Balaban J connectivity index is 1.46. The second kappa shape index (κ2) is 6.24. The number of rotatable bonds is 7. The Bertz CT molecular complexity index is 569. The molecule has 1 saturated carbocycles. The van der Waals surface area contributed by atoms with Crippen molar-refractivity contribution in [2.75, 3.05) is 6.54 Å². The molecule has 5 nitrogen and oxygen atoms in total. The highest BCUT2D eigenvalue weighted by Crippen LogP contribution is 2.19. The molecule has 2 aromatic rings. The van der Waals surface area contributed by atoms with Crippen LogP contribution in [0, 0.1) is 0 Å². The highest BCUT2D eigenvalue weighted by Gasteiger charge is 2.20. The van der Waals surface area contributed by atoms with Gasteiger partial charge in [0.2, 0.25) is 5.89 Å². The SMILES string of the molecule is Clc1cccc(OCc2nnc(CCNC3CC3)o2)c1. The van der Waals surface area contributed by atoms with E-state index in [1.54, 1.807) is 12.1 Å². The Morgan fingerprint density at radius 2 is 2.15 bits per heavy atom. The lowest BCUT2D eigenvalue weighted by Gasteiger charge is -2.02. The Hall–Kier alpha value is -1.59. The van der Waals surface area contributed by atoms with Crippen LogP contribution in [-0.4, -0.2) is 22.8 Å². The minimum Gasteiger partial charge on any atom is -0.484 e. The number of halogens is 1. The van der Waals surface area contributed by atoms with Gasteiger partial charge in [-0.15, -0.1) is 10.2 Å². The van der Waals surface area contributed by atoms with Crippen LogP contribution >= 0.6 is 11.6 Å². The molecule has 6 heteroatoms. The molecule has 1 fully saturated rings. The fourth-order valence-electron chi connectivity index (χ4n) is 1.82. The van der Waals surface area contributed by atoms with E-state index in [0.717, 1.165) is 13.0 Å². The topological polar surface area (TPSA) is 60.2 Å². The molecule has 1 heterocycles. The van der Waals surface area contributed by atoms with E-state index in [1.807, 2.05) is 12.1 Å². The van der Waals surface area contributed by atoms with Crippen LogP contribution in [0.2, 0.25) is 5.02 Å². The van der Waals surface area contributed by atoms with Gasteiger partial charge in [0.1, 0.15) is 5.75 Å². The van der Waals surface area contributed by atoms with Crippen LogP contribution in [-0.2, 0) is 13.0 Å². The van der Waals surface area contributed by atoms with E-state index >= 15 is 0 Å². The van der Waals surface area contributed by atoms with Crippen molar-refractivity contribution < 1.29 is 9.15 Å². The highest BCUT2D eigenvalue weighted by atomic mass is 35.5. The van der Waals surface area contributed by atoms with Crippen LogP contribution in [0.25, 0.3) is 0 Å². The summed E-state index contributed by atoms with van der Waals surface area (Å²) in [5.41, 5.74) is 0. The first-order chi connectivity index (χ1) is 9.79. The number of hydrogen-bond donors (Lipinski definition) is 1. The molecule has 0 atom stereocenters. The Morgan fingerprint density at radius 3 is 2.95 bits per heavy atom. The van der Waals surface area contributed by atoms with Crippen molar-refractivity contribution in [1.29, 1.82) is 0 Å². The van der Waals surface area contributed by atoms with Crippen molar-refractivity contribution in [1.82, 2.24) is 15.5 Å². The second-order valence-corrected chi connectivity index (χ2v) is 5.25. The molecule has 20 heavy (non-hydrogen) atoms. The summed E-state index contributed by atoms with van der Waals surface area (Å²) < 4.78 is 11.1. The largest absolute Gasteiger partial charge is 0.484 e. The Morgan fingerprint density at radius 1 is 1.30 bits per heavy atom. The molecule has 0 aliphatic heterocycles. The van der Waals surface area contributed by atoms with Crippen LogP contribution in [0.4, 0.5) is 0 Å². The van der Waals surface area contributed by atoms with Gasteiger partial charge in [-0.1, -0.05) is 17.7 Å². The van der Waals surface area contributed by atoms with Crippen molar-refractivity contribution in [2.24, 2.45) is 0 Å². The molecule has 0 bridgehead atoms. The number of hydrogen-bond acceptors (Lipinski definition) is 5. The van der Waals surface area contributed by atoms with Crippen molar-refractivity contribution in [3.8, 4) is 5.75 Å². The van der Waals surface area contributed by atoms with Gasteiger partial charge in [0, 0.05) is 24.0 Å². The highest BCUT2D eigenvalue weighted by molar-refractivity contribution is 6.30. The lowest BCUT2D eigenvalue weighted by molar-refractivity contribution is 0.259. The third-order valence-corrected chi connectivity index (χ3v) is 3.25. The normalized spacial score (nSPS) is 14.4. The van der Waals surface area contributed by atoms with Gasteiger partial charge < -0.3 is 14.5 Å². The lowest BCUT2D eigenvalue weighted by atomic mass is 10.3.